The molecular weight excluding hydrogens is 957 g/mol. The van der Waals surface area contributed by atoms with E-state index in [0.717, 1.165) is 128 Å². The molecule has 0 aromatic heterocycles. The molecule has 0 fully saturated rings. The van der Waals surface area contributed by atoms with Crippen molar-refractivity contribution in [3.8, 4) is 45.3 Å². The predicted molar refractivity (Wildman–Crippen MR) is 322 cm³/mol. The highest BCUT2D eigenvalue weighted by atomic mass is 16.5. The molecule has 396 valence electrons. The largest absolute Gasteiger partial charge is 0.507 e. The first-order valence-corrected chi connectivity index (χ1v) is 28.4. The lowest BCUT2D eigenvalue weighted by molar-refractivity contribution is 0.303. The summed E-state index contributed by atoms with van der Waals surface area (Å²) in [6.45, 7) is 18.9. The van der Waals surface area contributed by atoms with Crippen LogP contribution in [0.1, 0.15) is 170 Å². The predicted octanol–water partition coefficient (Wildman–Crippen LogP) is 17.4. The van der Waals surface area contributed by atoms with Gasteiger partial charge in [0.15, 0.2) is 0 Å². The zero-order valence-electron chi connectivity index (χ0n) is 46.9. The SMILES string of the molecule is CCCCOc1c2cc(C(C)(C)C)cc1Cc1cc(N=Cc3ccc4c(c3)Cc3ccccc3-4)cc(c1O)Cc1cc(C(C)(C)C)cc(c1OCCCC)Cc1cc(N=Cc3ccc4c(c3)Cc3ccccc3-4)cc(c1O)C2. The lowest BCUT2D eigenvalue weighted by atomic mass is 9.81. The maximum atomic E-state index is 12.8. The number of unbranched alkanes of at least 4 members (excludes halogenated alkanes) is 2. The summed E-state index contributed by atoms with van der Waals surface area (Å²) in [5.41, 5.74) is 23.0. The van der Waals surface area contributed by atoms with E-state index in [-0.39, 0.29) is 22.3 Å². The molecule has 6 heteroatoms. The van der Waals surface area contributed by atoms with Crippen LogP contribution in [-0.4, -0.2) is 35.9 Å². The minimum Gasteiger partial charge on any atom is -0.507 e. The van der Waals surface area contributed by atoms with Crippen molar-refractivity contribution in [1.29, 1.82) is 0 Å². The first-order valence-electron chi connectivity index (χ1n) is 28.4. The first-order chi connectivity index (χ1) is 37.6. The molecule has 3 aliphatic rings. The van der Waals surface area contributed by atoms with Crippen molar-refractivity contribution in [3.63, 3.8) is 0 Å². The summed E-state index contributed by atoms with van der Waals surface area (Å²) in [6.07, 6.45) is 11.1. The van der Waals surface area contributed by atoms with Crippen LogP contribution in [0.5, 0.6) is 23.0 Å². The second-order valence-electron chi connectivity index (χ2n) is 24.1. The molecule has 0 spiro atoms. The lowest BCUT2D eigenvalue weighted by Gasteiger charge is -2.26. The smallest absolute Gasteiger partial charge is 0.126 e. The molecule has 3 aliphatic carbocycles. The fourth-order valence-corrected chi connectivity index (χ4v) is 11.7. The molecule has 0 saturated heterocycles. The highest BCUT2D eigenvalue weighted by molar-refractivity contribution is 5.88. The molecule has 0 aliphatic heterocycles. The van der Waals surface area contributed by atoms with Crippen LogP contribution in [0.2, 0.25) is 0 Å². The number of hydrogen-bond donors (Lipinski definition) is 2. The molecule has 8 aromatic rings. The van der Waals surface area contributed by atoms with Crippen molar-refractivity contribution in [3.05, 3.63) is 222 Å². The van der Waals surface area contributed by atoms with Gasteiger partial charge in [-0.05, 0) is 162 Å². The van der Waals surface area contributed by atoms with E-state index in [1.54, 1.807) is 0 Å². The number of nitrogens with zero attached hydrogens (tertiary/aromatic N) is 2. The number of benzene rings is 8. The molecule has 0 amide bonds. The number of phenols is 2. The zero-order valence-corrected chi connectivity index (χ0v) is 46.9. The summed E-state index contributed by atoms with van der Waals surface area (Å²) in [5.74, 6) is 2.08. The number of hydrogen-bond acceptors (Lipinski definition) is 6. The second-order valence-corrected chi connectivity index (χ2v) is 24.1. The average molecular weight is 1030 g/mol. The van der Waals surface area contributed by atoms with Gasteiger partial charge >= 0.3 is 0 Å². The maximum Gasteiger partial charge on any atom is 0.126 e. The molecule has 0 heterocycles. The van der Waals surface area contributed by atoms with Gasteiger partial charge in [-0.15, -0.1) is 0 Å². The van der Waals surface area contributed by atoms with Gasteiger partial charge in [0.2, 0.25) is 0 Å². The molecular formula is C72H74N2O4. The quantitative estimate of drug-likeness (QED) is 0.0943. The summed E-state index contributed by atoms with van der Waals surface area (Å²) in [4.78, 5) is 10.4. The molecule has 8 bridgehead atoms. The Labute approximate surface area is 462 Å². The second kappa shape index (κ2) is 21.6. The van der Waals surface area contributed by atoms with Crippen LogP contribution in [0.3, 0.4) is 0 Å². The minimum atomic E-state index is -0.221. The number of aromatic hydroxyl groups is 2. The molecule has 78 heavy (non-hydrogen) atoms. The third-order valence-corrected chi connectivity index (χ3v) is 16.1. The summed E-state index contributed by atoms with van der Waals surface area (Å²) in [6, 6.07) is 47.9. The molecule has 0 atom stereocenters. The van der Waals surface area contributed by atoms with Crippen LogP contribution < -0.4 is 9.47 Å². The van der Waals surface area contributed by atoms with Gasteiger partial charge in [-0.3, -0.25) is 9.98 Å². The number of ether oxygens (including phenoxy) is 2. The fraction of sp³-hybridized carbons (Fsp3) is 0.306. The number of phenolic OH excluding ortho intramolecular Hbond substituents is 2. The summed E-state index contributed by atoms with van der Waals surface area (Å²) < 4.78 is 13.9. The Bertz CT molecular complexity index is 3320. The normalized spacial score (nSPS) is 13.6. The lowest BCUT2D eigenvalue weighted by Crippen LogP contribution is -2.15. The number of fused-ring (bicyclic) bond motifs is 14. The monoisotopic (exact) mass is 1030 g/mol. The first kappa shape index (κ1) is 52.4. The van der Waals surface area contributed by atoms with Crippen LogP contribution in [0.15, 0.2) is 143 Å². The van der Waals surface area contributed by atoms with Gasteiger partial charge in [-0.25, -0.2) is 0 Å². The molecule has 0 unspecified atom stereocenters. The van der Waals surface area contributed by atoms with Crippen LogP contribution in [0.4, 0.5) is 11.4 Å². The number of aliphatic imine (C=N–C) groups is 2. The van der Waals surface area contributed by atoms with Crippen LogP contribution >= 0.6 is 0 Å². The van der Waals surface area contributed by atoms with Crippen molar-refractivity contribution in [2.45, 2.75) is 130 Å². The van der Waals surface area contributed by atoms with E-state index in [4.69, 9.17) is 19.5 Å². The van der Waals surface area contributed by atoms with Crippen molar-refractivity contribution in [2.75, 3.05) is 13.2 Å². The van der Waals surface area contributed by atoms with E-state index in [0.29, 0.717) is 38.9 Å². The van der Waals surface area contributed by atoms with Gasteiger partial charge in [0.05, 0.1) is 24.6 Å². The summed E-state index contributed by atoms with van der Waals surface area (Å²) in [7, 11) is 0. The molecule has 11 rings (SSSR count). The van der Waals surface area contributed by atoms with Crippen molar-refractivity contribution in [2.24, 2.45) is 9.98 Å². The Hall–Kier alpha value is -7.70. The standard InChI is InChI=1S/C72H74N2O4/c1-9-11-25-77-69-55-31-51-39-61(73-43-45-21-23-65-49(27-45)29-47-17-13-15-19-63(47)65)41-53(67(51)75)33-57-37-60(72(6,7)8)38-58(70(57)78-26-12-10-2)34-54-42-62(40-52(68(54)76)32-56(69)36-59(35-55)71(3,4)5)74-44-46-22-24-66-50(28-46)30-48-18-14-16-20-64(48)66/h13-24,27-28,35-44,75-76H,9-12,25-26,29-34H2,1-8H3. The highest BCUT2D eigenvalue weighted by Gasteiger charge is 2.27. The average Bonchev–Trinajstić information content (AvgIpc) is 3.99. The zero-order chi connectivity index (χ0) is 54.3. The third-order valence-electron chi connectivity index (χ3n) is 16.1. The van der Waals surface area contributed by atoms with Gasteiger partial charge in [-0.2, -0.15) is 0 Å². The molecule has 0 saturated carbocycles. The van der Waals surface area contributed by atoms with Crippen molar-refractivity contribution >= 4 is 23.8 Å². The van der Waals surface area contributed by atoms with E-state index >= 15 is 0 Å². The Morgan fingerprint density at radius 2 is 0.731 bits per heavy atom. The van der Waals surface area contributed by atoms with E-state index in [1.807, 2.05) is 12.4 Å². The van der Waals surface area contributed by atoms with E-state index in [9.17, 15) is 10.2 Å². The Morgan fingerprint density at radius 1 is 0.397 bits per heavy atom. The van der Waals surface area contributed by atoms with Gasteiger partial charge in [0.25, 0.3) is 0 Å². The number of rotatable bonds is 12. The van der Waals surface area contributed by atoms with E-state index in [2.05, 4.69) is 189 Å². The van der Waals surface area contributed by atoms with Gasteiger partial charge in [-0.1, -0.05) is 165 Å². The third kappa shape index (κ3) is 10.9. The summed E-state index contributed by atoms with van der Waals surface area (Å²) >= 11 is 0. The Morgan fingerprint density at radius 3 is 1.08 bits per heavy atom. The molecule has 2 N–H and O–H groups in total. The topological polar surface area (TPSA) is 83.6 Å². The van der Waals surface area contributed by atoms with Gasteiger partial charge in [0.1, 0.15) is 23.0 Å². The van der Waals surface area contributed by atoms with Crippen molar-refractivity contribution in [1.82, 2.24) is 0 Å². The van der Waals surface area contributed by atoms with Crippen LogP contribution in [0.25, 0.3) is 22.3 Å². The molecule has 8 aromatic carbocycles. The fourth-order valence-electron chi connectivity index (χ4n) is 11.7. The Balaban J connectivity index is 1.09. The minimum absolute atomic E-state index is 0.221. The van der Waals surface area contributed by atoms with E-state index < -0.39 is 0 Å². The van der Waals surface area contributed by atoms with Crippen molar-refractivity contribution < 1.29 is 19.7 Å². The molecule has 0 radical (unpaired) electrons. The van der Waals surface area contributed by atoms with Gasteiger partial charge in [0, 0.05) is 60.4 Å². The van der Waals surface area contributed by atoms with Gasteiger partial charge < -0.3 is 19.7 Å². The molecule has 6 nitrogen and oxygen atoms in total. The van der Waals surface area contributed by atoms with Crippen LogP contribution in [0, 0.1) is 0 Å². The maximum absolute atomic E-state index is 12.8. The highest BCUT2D eigenvalue weighted by Crippen LogP contribution is 2.45. The summed E-state index contributed by atoms with van der Waals surface area (Å²) in [5, 5.41) is 25.6. The van der Waals surface area contributed by atoms with Crippen LogP contribution in [-0.2, 0) is 49.4 Å². The van der Waals surface area contributed by atoms with E-state index in [1.165, 1.54) is 44.5 Å². The Kier molecular flexibility index (Phi) is 14.5.